The van der Waals surface area contributed by atoms with E-state index in [2.05, 4.69) is 6.58 Å². The van der Waals surface area contributed by atoms with E-state index in [1.54, 1.807) is 4.90 Å². The molecule has 0 unspecified atom stereocenters. The smallest absolute Gasteiger partial charge is 0.410 e. The van der Waals surface area contributed by atoms with E-state index in [0.717, 1.165) is 11.1 Å². The standard InChI is InChI=1S/C18H25NO4/c1-13(2)16-10-19(17(11-21)15(16)8-9-20)18(22)23-12-14-6-4-3-5-7-14/h3-7,15-17,20-21H,1,8-12H2,2H3/t15-,16+,17+/m0/s1. The van der Waals surface area contributed by atoms with Crippen molar-refractivity contribution in [2.24, 2.45) is 11.8 Å². The Morgan fingerprint density at radius 2 is 2.04 bits per heavy atom. The molecule has 0 spiro atoms. The lowest BCUT2D eigenvalue weighted by Crippen LogP contribution is -2.40. The predicted octanol–water partition coefficient (Wildman–Crippen LogP) is 2.19. The Bertz CT molecular complexity index is 531. The molecule has 5 nitrogen and oxygen atoms in total. The minimum absolute atomic E-state index is 0.00627. The maximum atomic E-state index is 12.4. The van der Waals surface area contributed by atoms with Crippen LogP contribution >= 0.6 is 0 Å². The lowest BCUT2D eigenvalue weighted by Gasteiger charge is -2.26. The van der Waals surface area contributed by atoms with Crippen molar-refractivity contribution in [3.05, 3.63) is 48.0 Å². The van der Waals surface area contributed by atoms with Gasteiger partial charge in [-0.05, 0) is 24.8 Å². The molecule has 1 saturated heterocycles. The number of aliphatic hydroxyl groups excluding tert-OH is 2. The van der Waals surface area contributed by atoms with Crippen molar-refractivity contribution in [1.82, 2.24) is 4.90 Å². The minimum Gasteiger partial charge on any atom is -0.445 e. The Morgan fingerprint density at radius 3 is 2.61 bits per heavy atom. The van der Waals surface area contributed by atoms with Gasteiger partial charge < -0.3 is 19.8 Å². The van der Waals surface area contributed by atoms with Crippen LogP contribution in [-0.4, -0.2) is 47.0 Å². The zero-order chi connectivity index (χ0) is 16.8. The molecule has 1 heterocycles. The molecule has 3 atom stereocenters. The third kappa shape index (κ3) is 4.12. The summed E-state index contributed by atoms with van der Waals surface area (Å²) in [5, 5.41) is 19.0. The highest BCUT2D eigenvalue weighted by molar-refractivity contribution is 5.68. The van der Waals surface area contributed by atoms with Crippen LogP contribution in [0.1, 0.15) is 18.9 Å². The number of carbonyl (C=O) groups is 1. The second-order valence-electron chi connectivity index (χ2n) is 6.07. The molecule has 1 aliphatic heterocycles. The molecule has 1 aromatic carbocycles. The van der Waals surface area contributed by atoms with Crippen LogP contribution in [0.5, 0.6) is 0 Å². The molecule has 126 valence electrons. The molecule has 1 aliphatic rings. The van der Waals surface area contributed by atoms with Crippen molar-refractivity contribution in [2.75, 3.05) is 19.8 Å². The summed E-state index contributed by atoms with van der Waals surface area (Å²) < 4.78 is 5.38. The fourth-order valence-electron chi connectivity index (χ4n) is 3.29. The monoisotopic (exact) mass is 319 g/mol. The van der Waals surface area contributed by atoms with Crippen LogP contribution in [0.15, 0.2) is 42.5 Å². The summed E-state index contributed by atoms with van der Waals surface area (Å²) in [6, 6.07) is 9.14. The molecular weight excluding hydrogens is 294 g/mol. The molecule has 1 amide bonds. The molecule has 0 radical (unpaired) electrons. The maximum absolute atomic E-state index is 12.4. The van der Waals surface area contributed by atoms with E-state index < -0.39 is 6.09 Å². The lowest BCUT2D eigenvalue weighted by atomic mass is 9.84. The minimum atomic E-state index is -0.431. The van der Waals surface area contributed by atoms with E-state index in [-0.39, 0.29) is 37.7 Å². The Kier molecular flexibility index (Phi) is 6.19. The zero-order valence-corrected chi connectivity index (χ0v) is 13.5. The highest BCUT2D eigenvalue weighted by atomic mass is 16.6. The van der Waals surface area contributed by atoms with Crippen molar-refractivity contribution in [3.8, 4) is 0 Å². The molecule has 1 fully saturated rings. The van der Waals surface area contributed by atoms with Crippen LogP contribution in [0.3, 0.4) is 0 Å². The average Bonchev–Trinajstić information content (AvgIpc) is 2.92. The van der Waals surface area contributed by atoms with Gasteiger partial charge in [-0.25, -0.2) is 4.79 Å². The van der Waals surface area contributed by atoms with Crippen molar-refractivity contribution < 1.29 is 19.7 Å². The number of ether oxygens (including phenoxy) is 1. The van der Waals surface area contributed by atoms with E-state index in [9.17, 15) is 15.0 Å². The molecular formula is C18H25NO4. The Balaban J connectivity index is 2.04. The van der Waals surface area contributed by atoms with Crippen LogP contribution in [0, 0.1) is 11.8 Å². The first-order valence-electron chi connectivity index (χ1n) is 7.93. The van der Waals surface area contributed by atoms with Gasteiger partial charge in [0.15, 0.2) is 0 Å². The third-order valence-corrected chi connectivity index (χ3v) is 4.53. The van der Waals surface area contributed by atoms with E-state index in [4.69, 9.17) is 4.74 Å². The number of benzene rings is 1. The van der Waals surface area contributed by atoms with Gasteiger partial charge in [-0.1, -0.05) is 42.5 Å². The first-order chi connectivity index (χ1) is 11.1. The number of amides is 1. The number of hydrogen-bond acceptors (Lipinski definition) is 4. The molecule has 5 heteroatoms. The predicted molar refractivity (Wildman–Crippen MR) is 87.7 cm³/mol. The normalized spacial score (nSPS) is 23.8. The summed E-state index contributed by atoms with van der Waals surface area (Å²) >= 11 is 0. The van der Waals surface area contributed by atoms with E-state index in [1.165, 1.54) is 0 Å². The second kappa shape index (κ2) is 8.13. The van der Waals surface area contributed by atoms with Gasteiger partial charge in [-0.15, -0.1) is 0 Å². The first-order valence-corrected chi connectivity index (χ1v) is 7.93. The van der Waals surface area contributed by atoms with Gasteiger partial charge in [-0.3, -0.25) is 0 Å². The lowest BCUT2D eigenvalue weighted by molar-refractivity contribution is 0.0699. The number of rotatable bonds is 6. The summed E-state index contributed by atoms with van der Waals surface area (Å²) in [6.07, 6.45) is 0.102. The van der Waals surface area contributed by atoms with Crippen LogP contribution < -0.4 is 0 Å². The number of aliphatic hydroxyl groups is 2. The topological polar surface area (TPSA) is 70.0 Å². The van der Waals surface area contributed by atoms with Crippen molar-refractivity contribution in [2.45, 2.75) is 26.0 Å². The van der Waals surface area contributed by atoms with Crippen LogP contribution in [0.2, 0.25) is 0 Å². The molecule has 2 N–H and O–H groups in total. The van der Waals surface area contributed by atoms with Crippen molar-refractivity contribution >= 4 is 6.09 Å². The Hall–Kier alpha value is -1.85. The van der Waals surface area contributed by atoms with Crippen LogP contribution in [-0.2, 0) is 11.3 Å². The largest absolute Gasteiger partial charge is 0.445 e. The summed E-state index contributed by atoms with van der Waals surface area (Å²) in [5.41, 5.74) is 1.88. The third-order valence-electron chi connectivity index (χ3n) is 4.53. The summed E-state index contributed by atoms with van der Waals surface area (Å²) in [6.45, 7) is 6.46. The molecule has 23 heavy (non-hydrogen) atoms. The van der Waals surface area contributed by atoms with E-state index >= 15 is 0 Å². The highest BCUT2D eigenvalue weighted by Crippen LogP contribution is 2.36. The molecule has 2 rings (SSSR count). The quantitative estimate of drug-likeness (QED) is 0.789. The summed E-state index contributed by atoms with van der Waals surface area (Å²) in [4.78, 5) is 14.0. The summed E-state index contributed by atoms with van der Waals surface area (Å²) in [7, 11) is 0. The second-order valence-corrected chi connectivity index (χ2v) is 6.07. The average molecular weight is 319 g/mol. The van der Waals surface area contributed by atoms with Gasteiger partial charge in [0.25, 0.3) is 0 Å². The van der Waals surface area contributed by atoms with Gasteiger partial charge in [0.1, 0.15) is 6.61 Å². The number of likely N-dealkylation sites (tertiary alicyclic amines) is 1. The van der Waals surface area contributed by atoms with Gasteiger partial charge in [0, 0.05) is 19.1 Å². The number of carbonyl (C=O) groups excluding carboxylic acids is 1. The van der Waals surface area contributed by atoms with Gasteiger partial charge in [0.2, 0.25) is 0 Å². The number of nitrogens with zero attached hydrogens (tertiary/aromatic N) is 1. The van der Waals surface area contributed by atoms with Gasteiger partial charge in [0.05, 0.1) is 12.6 Å². The fraction of sp³-hybridized carbons (Fsp3) is 0.500. The van der Waals surface area contributed by atoms with Crippen molar-refractivity contribution in [3.63, 3.8) is 0 Å². The molecule has 0 saturated carbocycles. The molecule has 0 bridgehead atoms. The molecule has 1 aromatic rings. The van der Waals surface area contributed by atoms with Crippen LogP contribution in [0.4, 0.5) is 4.79 Å². The van der Waals surface area contributed by atoms with Gasteiger partial charge >= 0.3 is 6.09 Å². The van der Waals surface area contributed by atoms with E-state index in [1.807, 2.05) is 37.3 Å². The maximum Gasteiger partial charge on any atom is 0.410 e. The number of hydrogen-bond donors (Lipinski definition) is 2. The summed E-state index contributed by atoms with van der Waals surface area (Å²) in [5.74, 6) is 0.0790. The van der Waals surface area contributed by atoms with E-state index in [0.29, 0.717) is 13.0 Å². The zero-order valence-electron chi connectivity index (χ0n) is 13.5. The Labute approximate surface area is 137 Å². The van der Waals surface area contributed by atoms with Crippen molar-refractivity contribution in [1.29, 1.82) is 0 Å². The highest BCUT2D eigenvalue weighted by Gasteiger charge is 2.44. The fourth-order valence-corrected chi connectivity index (χ4v) is 3.29. The van der Waals surface area contributed by atoms with Gasteiger partial charge in [-0.2, -0.15) is 0 Å². The Morgan fingerprint density at radius 1 is 1.35 bits per heavy atom. The SMILES string of the molecule is C=C(C)[C@H]1CN(C(=O)OCc2ccccc2)[C@H](CO)[C@H]1CCO. The molecule has 0 aromatic heterocycles. The van der Waals surface area contributed by atoms with Crippen LogP contribution in [0.25, 0.3) is 0 Å². The molecule has 0 aliphatic carbocycles. The first kappa shape index (κ1) is 17.5.